The summed E-state index contributed by atoms with van der Waals surface area (Å²) in [4.78, 5) is 0. The summed E-state index contributed by atoms with van der Waals surface area (Å²) in [7, 11) is 1.96. The molecule has 0 amide bonds. The Hall–Kier alpha value is -1.09. The summed E-state index contributed by atoms with van der Waals surface area (Å²) >= 11 is 0. The van der Waals surface area contributed by atoms with Gasteiger partial charge in [-0.1, -0.05) is 32.3 Å². The van der Waals surface area contributed by atoms with Gasteiger partial charge < -0.3 is 10.1 Å². The van der Waals surface area contributed by atoms with Crippen LogP contribution < -0.4 is 10.1 Å². The molecule has 0 bridgehead atoms. The van der Waals surface area contributed by atoms with Gasteiger partial charge in [-0.3, -0.25) is 0 Å². The molecule has 2 atom stereocenters. The monoisotopic (exact) mass is 279 g/mol. The Kier molecular flexibility index (Phi) is 5.03. The van der Waals surface area contributed by atoms with Crippen LogP contribution in [0.3, 0.4) is 0 Å². The van der Waals surface area contributed by atoms with E-state index in [2.05, 4.69) is 19.2 Å². The predicted octanol–water partition coefficient (Wildman–Crippen LogP) is 4.60. The number of fused-ring (bicyclic) bond motifs is 1. The molecule has 20 heavy (non-hydrogen) atoms. The van der Waals surface area contributed by atoms with Crippen LogP contribution >= 0.6 is 0 Å². The minimum Gasteiger partial charge on any atom is -0.487 e. The fourth-order valence-electron chi connectivity index (χ4n) is 3.07. The number of unbranched alkanes of at least 4 members (excludes halogenated alkanes) is 3. The lowest BCUT2D eigenvalue weighted by Crippen LogP contribution is -2.41. The molecule has 2 nitrogen and oxygen atoms in total. The van der Waals surface area contributed by atoms with Gasteiger partial charge in [0.25, 0.3) is 0 Å². The van der Waals surface area contributed by atoms with Crippen LogP contribution in [0.1, 0.15) is 64.0 Å². The van der Waals surface area contributed by atoms with Crippen LogP contribution in [0.25, 0.3) is 0 Å². The van der Waals surface area contributed by atoms with Gasteiger partial charge in [-0.15, -0.1) is 0 Å². The van der Waals surface area contributed by atoms with Crippen LogP contribution in [0, 0.1) is 5.82 Å². The quantitative estimate of drug-likeness (QED) is 0.768. The third-order valence-corrected chi connectivity index (χ3v) is 4.25. The highest BCUT2D eigenvalue weighted by atomic mass is 19.1. The number of benzene rings is 1. The van der Waals surface area contributed by atoms with Crippen LogP contribution in [0.2, 0.25) is 0 Å². The summed E-state index contributed by atoms with van der Waals surface area (Å²) in [6.45, 7) is 4.37. The lowest BCUT2D eigenvalue weighted by Gasteiger charge is -2.40. The third-order valence-electron chi connectivity index (χ3n) is 4.25. The summed E-state index contributed by atoms with van der Waals surface area (Å²) in [5.74, 6) is 0.474. The van der Waals surface area contributed by atoms with Crippen molar-refractivity contribution in [3.63, 3.8) is 0 Å². The highest BCUT2D eigenvalue weighted by Gasteiger charge is 2.36. The van der Waals surface area contributed by atoms with Gasteiger partial charge in [0.2, 0.25) is 0 Å². The number of rotatable bonds is 6. The summed E-state index contributed by atoms with van der Waals surface area (Å²) in [6.07, 6.45) is 6.90. The third kappa shape index (κ3) is 3.51. The van der Waals surface area contributed by atoms with Gasteiger partial charge >= 0.3 is 0 Å². The number of halogens is 1. The molecular weight excluding hydrogens is 253 g/mol. The van der Waals surface area contributed by atoms with Crippen molar-refractivity contribution in [2.45, 2.75) is 64.0 Å². The first kappa shape index (κ1) is 15.3. The van der Waals surface area contributed by atoms with E-state index in [0.717, 1.165) is 18.4 Å². The van der Waals surface area contributed by atoms with Crippen LogP contribution in [-0.4, -0.2) is 12.6 Å². The van der Waals surface area contributed by atoms with Crippen molar-refractivity contribution >= 4 is 0 Å². The van der Waals surface area contributed by atoms with E-state index in [1.54, 1.807) is 0 Å². The second-order valence-corrected chi connectivity index (χ2v) is 6.09. The first-order chi connectivity index (χ1) is 9.58. The molecule has 2 unspecified atom stereocenters. The molecule has 0 aliphatic carbocycles. The molecule has 1 aliphatic heterocycles. The van der Waals surface area contributed by atoms with E-state index in [9.17, 15) is 4.39 Å². The Morgan fingerprint density at radius 1 is 1.35 bits per heavy atom. The van der Waals surface area contributed by atoms with Crippen molar-refractivity contribution in [1.29, 1.82) is 0 Å². The maximum atomic E-state index is 13.4. The zero-order valence-corrected chi connectivity index (χ0v) is 12.8. The minimum atomic E-state index is -0.228. The van der Waals surface area contributed by atoms with Crippen LogP contribution in [0.15, 0.2) is 18.2 Å². The second kappa shape index (κ2) is 6.57. The fourth-order valence-corrected chi connectivity index (χ4v) is 3.07. The topological polar surface area (TPSA) is 21.3 Å². The SMILES string of the molecule is CCCCCCC1(C)CC(NC)c2ccc(F)cc2O1. The maximum Gasteiger partial charge on any atom is 0.127 e. The Labute approximate surface area is 121 Å². The number of nitrogens with one attached hydrogen (secondary N) is 1. The molecule has 0 aromatic heterocycles. The van der Waals surface area contributed by atoms with Gasteiger partial charge in [-0.2, -0.15) is 0 Å². The zero-order chi connectivity index (χ0) is 14.6. The second-order valence-electron chi connectivity index (χ2n) is 6.09. The molecule has 1 aromatic rings. The Morgan fingerprint density at radius 2 is 2.15 bits per heavy atom. The van der Waals surface area contributed by atoms with Gasteiger partial charge in [0.05, 0.1) is 0 Å². The smallest absolute Gasteiger partial charge is 0.127 e. The molecule has 1 aromatic carbocycles. The van der Waals surface area contributed by atoms with E-state index in [1.165, 1.54) is 37.8 Å². The summed E-state index contributed by atoms with van der Waals surface area (Å²) in [6, 6.07) is 5.11. The van der Waals surface area contributed by atoms with E-state index in [1.807, 2.05) is 13.1 Å². The lowest BCUT2D eigenvalue weighted by atomic mass is 9.85. The molecule has 3 heteroatoms. The van der Waals surface area contributed by atoms with Gasteiger partial charge in [0.15, 0.2) is 0 Å². The molecule has 0 fully saturated rings. The van der Waals surface area contributed by atoms with E-state index < -0.39 is 0 Å². The first-order valence-corrected chi connectivity index (χ1v) is 7.74. The average Bonchev–Trinajstić information content (AvgIpc) is 2.42. The predicted molar refractivity (Wildman–Crippen MR) is 80.6 cm³/mol. The highest BCUT2D eigenvalue weighted by molar-refractivity contribution is 5.39. The summed E-state index contributed by atoms with van der Waals surface area (Å²) in [5.41, 5.74) is 0.877. The van der Waals surface area contributed by atoms with E-state index in [0.29, 0.717) is 5.75 Å². The van der Waals surface area contributed by atoms with Gasteiger partial charge in [0, 0.05) is 24.1 Å². The molecule has 0 radical (unpaired) electrons. The molecule has 0 spiro atoms. The zero-order valence-electron chi connectivity index (χ0n) is 12.8. The molecule has 0 saturated carbocycles. The van der Waals surface area contributed by atoms with Crippen LogP contribution in [0.5, 0.6) is 5.75 Å². The van der Waals surface area contributed by atoms with Crippen molar-refractivity contribution in [3.05, 3.63) is 29.6 Å². The molecule has 1 N–H and O–H groups in total. The van der Waals surface area contributed by atoms with Crippen molar-refractivity contribution in [3.8, 4) is 5.75 Å². The normalized spacial score (nSPS) is 25.1. The largest absolute Gasteiger partial charge is 0.487 e. The Morgan fingerprint density at radius 3 is 2.85 bits per heavy atom. The summed E-state index contributed by atoms with van der Waals surface area (Å²) < 4.78 is 19.6. The summed E-state index contributed by atoms with van der Waals surface area (Å²) in [5, 5.41) is 3.33. The molecule has 0 saturated heterocycles. The minimum absolute atomic E-state index is 0.192. The van der Waals surface area contributed by atoms with Crippen LogP contribution in [-0.2, 0) is 0 Å². The average molecular weight is 279 g/mol. The lowest BCUT2D eigenvalue weighted by molar-refractivity contribution is 0.0380. The Bertz CT molecular complexity index is 449. The molecule has 2 rings (SSSR count). The van der Waals surface area contributed by atoms with Gasteiger partial charge in [-0.25, -0.2) is 4.39 Å². The molecule has 1 aliphatic rings. The number of hydrogen-bond donors (Lipinski definition) is 1. The fraction of sp³-hybridized carbons (Fsp3) is 0.647. The number of ether oxygens (including phenoxy) is 1. The van der Waals surface area contributed by atoms with Gasteiger partial charge in [0.1, 0.15) is 17.2 Å². The highest BCUT2D eigenvalue weighted by Crippen LogP contribution is 2.41. The van der Waals surface area contributed by atoms with Gasteiger partial charge in [-0.05, 0) is 32.9 Å². The van der Waals surface area contributed by atoms with Crippen molar-refractivity contribution in [2.24, 2.45) is 0 Å². The van der Waals surface area contributed by atoms with E-state index in [-0.39, 0.29) is 17.5 Å². The molecule has 112 valence electrons. The molecular formula is C17H26FNO. The van der Waals surface area contributed by atoms with E-state index >= 15 is 0 Å². The van der Waals surface area contributed by atoms with E-state index in [4.69, 9.17) is 4.74 Å². The van der Waals surface area contributed by atoms with Crippen molar-refractivity contribution in [1.82, 2.24) is 5.32 Å². The maximum absolute atomic E-state index is 13.4. The van der Waals surface area contributed by atoms with Crippen molar-refractivity contribution < 1.29 is 9.13 Å². The molecule has 1 heterocycles. The first-order valence-electron chi connectivity index (χ1n) is 7.74. The van der Waals surface area contributed by atoms with Crippen molar-refractivity contribution in [2.75, 3.05) is 7.05 Å². The standard InChI is InChI=1S/C17H26FNO/c1-4-5-6-7-10-17(2)12-15(19-3)14-9-8-13(18)11-16(14)20-17/h8-9,11,15,19H,4-7,10,12H2,1-3H3. The number of hydrogen-bond acceptors (Lipinski definition) is 2. The Balaban J connectivity index is 2.10. The van der Waals surface area contributed by atoms with Crippen LogP contribution in [0.4, 0.5) is 4.39 Å².